The highest BCUT2D eigenvalue weighted by atomic mass is 32.1. The molecule has 0 aliphatic rings. The van der Waals surface area contributed by atoms with Gasteiger partial charge in [0.15, 0.2) is 0 Å². The summed E-state index contributed by atoms with van der Waals surface area (Å²) in [5, 5.41) is 13.1. The predicted molar refractivity (Wildman–Crippen MR) is 64.0 cm³/mol. The highest BCUT2D eigenvalue weighted by molar-refractivity contribution is 7.12. The number of carboxylic acids is 1. The molecule has 1 rings (SSSR count). The van der Waals surface area contributed by atoms with Crippen LogP contribution in [0.25, 0.3) is 0 Å². The number of amides is 1. The zero-order valence-corrected chi connectivity index (χ0v) is 10.1. The lowest BCUT2D eigenvalue weighted by Crippen LogP contribution is -2.15. The van der Waals surface area contributed by atoms with Crippen molar-refractivity contribution in [2.75, 3.05) is 5.32 Å². The van der Waals surface area contributed by atoms with Crippen molar-refractivity contribution in [2.45, 2.75) is 26.7 Å². The number of hydrogen-bond donors (Lipinski definition) is 2. The van der Waals surface area contributed by atoms with E-state index in [1.165, 1.54) is 0 Å². The topological polar surface area (TPSA) is 66.4 Å². The van der Waals surface area contributed by atoms with Gasteiger partial charge in [-0.3, -0.25) is 4.79 Å². The molecule has 88 valence electrons. The number of carbonyl (C=O) groups excluding carboxylic acids is 1. The third-order valence-corrected chi connectivity index (χ3v) is 3.27. The normalized spacial score (nSPS) is 12.1. The van der Waals surface area contributed by atoms with Gasteiger partial charge in [-0.1, -0.05) is 20.3 Å². The Morgan fingerprint density at radius 2 is 2.25 bits per heavy atom. The highest BCUT2D eigenvalue weighted by Gasteiger charge is 2.14. The van der Waals surface area contributed by atoms with Crippen LogP contribution >= 0.6 is 11.3 Å². The van der Waals surface area contributed by atoms with E-state index in [1.807, 2.05) is 13.8 Å². The molecule has 0 saturated heterocycles. The summed E-state index contributed by atoms with van der Waals surface area (Å²) in [5.41, 5.74) is 0.394. The Hall–Kier alpha value is -1.36. The minimum atomic E-state index is -1.01. The van der Waals surface area contributed by atoms with Crippen LogP contribution in [0.4, 0.5) is 5.69 Å². The summed E-state index contributed by atoms with van der Waals surface area (Å²) in [6.07, 6.45) is 1.36. The monoisotopic (exact) mass is 241 g/mol. The summed E-state index contributed by atoms with van der Waals surface area (Å²) in [6, 6.07) is 1.61. The Balaban J connectivity index is 2.63. The van der Waals surface area contributed by atoms with Crippen LogP contribution in [0.1, 0.15) is 36.4 Å². The zero-order valence-electron chi connectivity index (χ0n) is 9.32. The van der Waals surface area contributed by atoms with Gasteiger partial charge < -0.3 is 10.4 Å². The van der Waals surface area contributed by atoms with Crippen LogP contribution in [0.5, 0.6) is 0 Å². The minimum absolute atomic E-state index is 0.129. The molecule has 0 aromatic carbocycles. The van der Waals surface area contributed by atoms with Crippen LogP contribution in [0.15, 0.2) is 11.4 Å². The van der Waals surface area contributed by atoms with E-state index in [1.54, 1.807) is 11.4 Å². The molecule has 2 N–H and O–H groups in total. The lowest BCUT2D eigenvalue weighted by atomic mass is 10.1. The number of hydrogen-bond acceptors (Lipinski definition) is 3. The molecule has 1 heterocycles. The fourth-order valence-electron chi connectivity index (χ4n) is 1.24. The second-order valence-electron chi connectivity index (χ2n) is 3.73. The largest absolute Gasteiger partial charge is 0.477 e. The first-order chi connectivity index (χ1) is 7.54. The summed E-state index contributed by atoms with van der Waals surface area (Å²) in [6.45, 7) is 4.01. The Kier molecular flexibility index (Phi) is 4.49. The van der Waals surface area contributed by atoms with Crippen molar-refractivity contribution >= 4 is 28.9 Å². The molecule has 1 aromatic rings. The number of thiophene rings is 1. The van der Waals surface area contributed by atoms with E-state index in [0.29, 0.717) is 18.0 Å². The van der Waals surface area contributed by atoms with Crippen molar-refractivity contribution in [1.82, 2.24) is 0 Å². The number of carbonyl (C=O) groups is 2. The van der Waals surface area contributed by atoms with E-state index in [-0.39, 0.29) is 10.8 Å². The first-order valence-electron chi connectivity index (χ1n) is 5.15. The zero-order chi connectivity index (χ0) is 12.1. The standard InChI is InChI=1S/C11H15NO3S/c1-3-7(2)6-9(13)12-8-4-5-16-10(8)11(14)15/h4-5,7H,3,6H2,1-2H3,(H,12,13)(H,14,15). The van der Waals surface area contributed by atoms with Gasteiger partial charge >= 0.3 is 5.97 Å². The van der Waals surface area contributed by atoms with E-state index >= 15 is 0 Å². The molecule has 0 aliphatic heterocycles. The Labute approximate surface area is 98.3 Å². The number of aromatic carboxylic acids is 1. The molecule has 4 nitrogen and oxygen atoms in total. The number of nitrogens with one attached hydrogen (secondary N) is 1. The van der Waals surface area contributed by atoms with Crippen molar-refractivity contribution in [2.24, 2.45) is 5.92 Å². The SMILES string of the molecule is CCC(C)CC(=O)Nc1ccsc1C(=O)O. The van der Waals surface area contributed by atoms with Crippen molar-refractivity contribution in [3.63, 3.8) is 0 Å². The number of carboxylic acid groups (broad SMARTS) is 1. The Morgan fingerprint density at radius 1 is 1.56 bits per heavy atom. The quantitative estimate of drug-likeness (QED) is 0.833. The van der Waals surface area contributed by atoms with Gasteiger partial charge in [0.2, 0.25) is 5.91 Å². The Morgan fingerprint density at radius 3 is 2.81 bits per heavy atom. The lowest BCUT2D eigenvalue weighted by Gasteiger charge is -2.08. The lowest BCUT2D eigenvalue weighted by molar-refractivity contribution is -0.117. The van der Waals surface area contributed by atoms with Gasteiger partial charge in [-0.2, -0.15) is 0 Å². The molecule has 0 bridgehead atoms. The van der Waals surface area contributed by atoms with E-state index in [9.17, 15) is 9.59 Å². The fourth-order valence-corrected chi connectivity index (χ4v) is 1.92. The third kappa shape index (κ3) is 3.34. The maximum absolute atomic E-state index is 11.6. The molecule has 1 amide bonds. The van der Waals surface area contributed by atoms with E-state index in [2.05, 4.69) is 5.32 Å². The van der Waals surface area contributed by atoms with Crippen LogP contribution in [-0.2, 0) is 4.79 Å². The molecular formula is C11H15NO3S. The van der Waals surface area contributed by atoms with Crippen molar-refractivity contribution in [3.05, 3.63) is 16.3 Å². The van der Waals surface area contributed by atoms with Crippen LogP contribution in [0, 0.1) is 5.92 Å². The summed E-state index contributed by atoms with van der Waals surface area (Å²) in [4.78, 5) is 22.5. The van der Waals surface area contributed by atoms with Crippen molar-refractivity contribution in [3.8, 4) is 0 Å². The third-order valence-electron chi connectivity index (χ3n) is 2.36. The molecule has 1 unspecified atom stereocenters. The molecule has 0 saturated carbocycles. The molecule has 0 fully saturated rings. The first-order valence-corrected chi connectivity index (χ1v) is 6.03. The van der Waals surface area contributed by atoms with E-state index in [0.717, 1.165) is 17.8 Å². The van der Waals surface area contributed by atoms with Gasteiger partial charge in [0.25, 0.3) is 0 Å². The maximum atomic E-state index is 11.6. The smallest absolute Gasteiger partial charge is 0.348 e. The molecule has 0 aliphatic carbocycles. The molecule has 1 atom stereocenters. The van der Waals surface area contributed by atoms with Gasteiger partial charge in [-0.05, 0) is 17.4 Å². The molecule has 1 aromatic heterocycles. The molecule has 16 heavy (non-hydrogen) atoms. The average Bonchev–Trinajstić information content (AvgIpc) is 2.65. The van der Waals surface area contributed by atoms with E-state index < -0.39 is 5.97 Å². The van der Waals surface area contributed by atoms with Crippen LogP contribution in [0.3, 0.4) is 0 Å². The van der Waals surface area contributed by atoms with Crippen molar-refractivity contribution in [1.29, 1.82) is 0 Å². The van der Waals surface area contributed by atoms with Crippen molar-refractivity contribution < 1.29 is 14.7 Å². The fraction of sp³-hybridized carbons (Fsp3) is 0.455. The molecular weight excluding hydrogens is 226 g/mol. The summed E-state index contributed by atoms with van der Waals surface area (Å²) in [5.74, 6) is -0.823. The second-order valence-corrected chi connectivity index (χ2v) is 4.65. The predicted octanol–water partition coefficient (Wildman–Crippen LogP) is 2.82. The van der Waals surface area contributed by atoms with Gasteiger partial charge in [0.05, 0.1) is 5.69 Å². The van der Waals surface area contributed by atoms with Crippen LogP contribution < -0.4 is 5.32 Å². The first kappa shape index (κ1) is 12.7. The highest BCUT2D eigenvalue weighted by Crippen LogP contribution is 2.22. The van der Waals surface area contributed by atoms with Gasteiger partial charge in [0.1, 0.15) is 4.88 Å². The molecule has 0 spiro atoms. The summed E-state index contributed by atoms with van der Waals surface area (Å²) in [7, 11) is 0. The second kappa shape index (κ2) is 5.65. The summed E-state index contributed by atoms with van der Waals surface area (Å²) >= 11 is 1.11. The molecule has 5 heteroatoms. The maximum Gasteiger partial charge on any atom is 0.348 e. The Bertz CT molecular complexity index is 386. The van der Waals surface area contributed by atoms with Gasteiger partial charge in [0, 0.05) is 6.42 Å². The minimum Gasteiger partial charge on any atom is -0.477 e. The summed E-state index contributed by atoms with van der Waals surface area (Å²) < 4.78 is 0. The van der Waals surface area contributed by atoms with E-state index in [4.69, 9.17) is 5.11 Å². The number of rotatable bonds is 5. The molecule has 0 radical (unpaired) electrons. The average molecular weight is 241 g/mol. The van der Waals surface area contributed by atoms with Gasteiger partial charge in [-0.15, -0.1) is 11.3 Å². The van der Waals surface area contributed by atoms with Gasteiger partial charge in [-0.25, -0.2) is 4.79 Å². The van der Waals surface area contributed by atoms with Crippen LogP contribution in [0.2, 0.25) is 0 Å². The van der Waals surface area contributed by atoms with Crippen LogP contribution in [-0.4, -0.2) is 17.0 Å². The number of anilines is 1.